The number of fused-ring (bicyclic) bond motifs is 2. The largest absolute Gasteiger partial charge is 0.431 e. The molecule has 0 saturated carbocycles. The van der Waals surface area contributed by atoms with E-state index in [0.717, 1.165) is 46.7 Å². The Hall–Kier alpha value is -1.46. The SMILES string of the molecule is Cc1cc(Cl)cc2nc(SCc3noc4c3CCCC4)oc12. The van der Waals surface area contributed by atoms with Gasteiger partial charge >= 0.3 is 0 Å². The maximum Gasteiger partial charge on any atom is 0.257 e. The van der Waals surface area contributed by atoms with Crippen LogP contribution in [-0.4, -0.2) is 10.1 Å². The zero-order valence-electron chi connectivity index (χ0n) is 12.2. The highest BCUT2D eigenvalue weighted by Crippen LogP contribution is 2.32. The number of halogens is 1. The van der Waals surface area contributed by atoms with E-state index in [9.17, 15) is 0 Å². The predicted molar refractivity (Wildman–Crippen MR) is 86.5 cm³/mol. The highest BCUT2D eigenvalue weighted by Gasteiger charge is 2.20. The summed E-state index contributed by atoms with van der Waals surface area (Å²) in [5.74, 6) is 1.78. The van der Waals surface area contributed by atoms with Crippen LogP contribution < -0.4 is 0 Å². The fourth-order valence-corrected chi connectivity index (χ4v) is 3.95. The van der Waals surface area contributed by atoms with Crippen molar-refractivity contribution in [1.29, 1.82) is 0 Å². The van der Waals surface area contributed by atoms with Gasteiger partial charge in [-0.2, -0.15) is 0 Å². The smallest absolute Gasteiger partial charge is 0.257 e. The third kappa shape index (κ3) is 2.52. The van der Waals surface area contributed by atoms with Crippen molar-refractivity contribution >= 4 is 34.5 Å². The van der Waals surface area contributed by atoms with E-state index in [-0.39, 0.29) is 0 Å². The molecule has 1 aromatic carbocycles. The summed E-state index contributed by atoms with van der Waals surface area (Å²) in [7, 11) is 0. The molecule has 1 aliphatic carbocycles. The Labute approximate surface area is 137 Å². The second-order valence-electron chi connectivity index (χ2n) is 5.58. The van der Waals surface area contributed by atoms with Gasteiger partial charge in [0.1, 0.15) is 11.3 Å². The molecule has 4 nitrogen and oxygen atoms in total. The summed E-state index contributed by atoms with van der Waals surface area (Å²) in [6.07, 6.45) is 4.48. The highest BCUT2D eigenvalue weighted by molar-refractivity contribution is 7.98. The minimum Gasteiger partial charge on any atom is -0.431 e. The Bertz CT molecular complexity index is 840. The number of rotatable bonds is 3. The number of benzene rings is 1. The summed E-state index contributed by atoms with van der Waals surface area (Å²) < 4.78 is 11.3. The van der Waals surface area contributed by atoms with E-state index in [1.165, 1.54) is 18.4 Å². The summed E-state index contributed by atoms with van der Waals surface area (Å²) in [6.45, 7) is 1.97. The molecule has 0 amide bonds. The van der Waals surface area contributed by atoms with Gasteiger partial charge in [-0.15, -0.1) is 0 Å². The molecule has 0 spiro atoms. The van der Waals surface area contributed by atoms with E-state index >= 15 is 0 Å². The lowest BCUT2D eigenvalue weighted by molar-refractivity contribution is 0.369. The van der Waals surface area contributed by atoms with Crippen molar-refractivity contribution in [2.24, 2.45) is 0 Å². The van der Waals surface area contributed by atoms with Crippen LogP contribution in [0.3, 0.4) is 0 Å². The summed E-state index contributed by atoms with van der Waals surface area (Å²) >= 11 is 7.61. The van der Waals surface area contributed by atoms with Crippen LogP contribution in [0.1, 0.15) is 35.4 Å². The molecule has 0 aliphatic heterocycles. The fourth-order valence-electron chi connectivity index (χ4n) is 2.89. The Kier molecular flexibility index (Phi) is 3.62. The van der Waals surface area contributed by atoms with E-state index in [1.54, 1.807) is 11.8 Å². The molecule has 0 saturated heterocycles. The molecule has 0 unspecified atom stereocenters. The maximum absolute atomic E-state index is 6.06. The molecular weight excluding hydrogens is 320 g/mol. The van der Waals surface area contributed by atoms with Crippen molar-refractivity contribution in [3.05, 3.63) is 39.7 Å². The fraction of sp³-hybridized carbons (Fsp3) is 0.375. The zero-order chi connectivity index (χ0) is 15.1. The first kappa shape index (κ1) is 14.2. The minimum absolute atomic E-state index is 0.646. The molecule has 22 heavy (non-hydrogen) atoms. The average molecular weight is 335 g/mol. The van der Waals surface area contributed by atoms with Gasteiger partial charge in [0.05, 0.1) is 5.69 Å². The topological polar surface area (TPSA) is 52.1 Å². The molecule has 0 atom stereocenters. The van der Waals surface area contributed by atoms with Crippen molar-refractivity contribution in [3.8, 4) is 0 Å². The van der Waals surface area contributed by atoms with Gasteiger partial charge < -0.3 is 8.94 Å². The standard InChI is InChI=1S/C16H15ClN2O2S/c1-9-6-10(17)7-12-15(9)20-16(18-12)22-8-13-11-4-2-3-5-14(11)21-19-13/h6-7H,2-5,8H2,1H3. The Morgan fingerprint density at radius 2 is 2.14 bits per heavy atom. The first-order valence-corrected chi connectivity index (χ1v) is 8.73. The van der Waals surface area contributed by atoms with Crippen LogP contribution in [0.5, 0.6) is 0 Å². The van der Waals surface area contributed by atoms with Crippen molar-refractivity contribution < 1.29 is 8.94 Å². The summed E-state index contributed by atoms with van der Waals surface area (Å²) in [6, 6.07) is 3.72. The maximum atomic E-state index is 6.06. The van der Waals surface area contributed by atoms with Crippen LogP contribution in [0.2, 0.25) is 5.02 Å². The first-order valence-electron chi connectivity index (χ1n) is 7.36. The lowest BCUT2D eigenvalue weighted by Crippen LogP contribution is -2.01. The van der Waals surface area contributed by atoms with Crippen molar-refractivity contribution in [1.82, 2.24) is 10.1 Å². The number of thioether (sulfide) groups is 1. The molecule has 0 bridgehead atoms. The molecule has 0 radical (unpaired) electrons. The molecule has 1 aliphatic rings. The molecule has 3 aromatic rings. The molecule has 0 fully saturated rings. The Morgan fingerprint density at radius 3 is 3.05 bits per heavy atom. The lowest BCUT2D eigenvalue weighted by atomic mass is 9.97. The zero-order valence-corrected chi connectivity index (χ0v) is 13.8. The van der Waals surface area contributed by atoms with E-state index in [0.29, 0.717) is 10.2 Å². The first-order chi connectivity index (χ1) is 10.7. The molecular formula is C16H15ClN2O2S. The number of hydrogen-bond donors (Lipinski definition) is 0. The van der Waals surface area contributed by atoms with Crippen LogP contribution >= 0.6 is 23.4 Å². The number of nitrogens with zero attached hydrogens (tertiary/aromatic N) is 2. The third-order valence-corrected chi connectivity index (χ3v) is 5.04. The second-order valence-corrected chi connectivity index (χ2v) is 6.94. The van der Waals surface area contributed by atoms with Gasteiger partial charge in [0.15, 0.2) is 5.58 Å². The average Bonchev–Trinajstić information content (AvgIpc) is 3.09. The van der Waals surface area contributed by atoms with Crippen LogP contribution in [0.25, 0.3) is 11.1 Å². The lowest BCUT2D eigenvalue weighted by Gasteiger charge is -2.08. The summed E-state index contributed by atoms with van der Waals surface area (Å²) in [5, 5.41) is 5.54. The van der Waals surface area contributed by atoms with Crippen LogP contribution in [0, 0.1) is 6.92 Å². The van der Waals surface area contributed by atoms with Crippen LogP contribution in [-0.2, 0) is 18.6 Å². The Balaban J connectivity index is 1.57. The molecule has 0 N–H and O–H groups in total. The number of aromatic nitrogens is 2. The van der Waals surface area contributed by atoms with Gasteiger partial charge in [0, 0.05) is 22.8 Å². The molecule has 4 rings (SSSR count). The second kappa shape index (κ2) is 5.63. The Morgan fingerprint density at radius 1 is 1.27 bits per heavy atom. The molecule has 2 heterocycles. The van der Waals surface area contributed by atoms with Crippen molar-refractivity contribution in [3.63, 3.8) is 0 Å². The highest BCUT2D eigenvalue weighted by atomic mass is 35.5. The van der Waals surface area contributed by atoms with E-state index in [4.69, 9.17) is 20.5 Å². The van der Waals surface area contributed by atoms with E-state index in [2.05, 4.69) is 10.1 Å². The predicted octanol–water partition coefficient (Wildman–Crippen LogP) is 4.95. The van der Waals surface area contributed by atoms with E-state index in [1.807, 2.05) is 19.1 Å². The molecule has 114 valence electrons. The van der Waals surface area contributed by atoms with E-state index < -0.39 is 0 Å². The summed E-state index contributed by atoms with van der Waals surface area (Å²) in [4.78, 5) is 4.50. The number of aryl methyl sites for hydroxylation is 2. The van der Waals surface area contributed by atoms with Gasteiger partial charge in [-0.3, -0.25) is 0 Å². The minimum atomic E-state index is 0.646. The monoisotopic (exact) mass is 334 g/mol. The summed E-state index contributed by atoms with van der Waals surface area (Å²) in [5.41, 5.74) is 4.91. The van der Waals surface area contributed by atoms with Gasteiger partial charge in [-0.05, 0) is 43.9 Å². The number of oxazole rings is 1. The molecule has 6 heteroatoms. The third-order valence-electron chi connectivity index (χ3n) is 3.98. The van der Waals surface area contributed by atoms with Crippen molar-refractivity contribution in [2.75, 3.05) is 0 Å². The van der Waals surface area contributed by atoms with Gasteiger partial charge in [-0.25, -0.2) is 4.98 Å². The van der Waals surface area contributed by atoms with Crippen LogP contribution in [0.15, 0.2) is 26.3 Å². The molecule has 2 aromatic heterocycles. The van der Waals surface area contributed by atoms with Gasteiger partial charge in [-0.1, -0.05) is 28.5 Å². The van der Waals surface area contributed by atoms with Crippen LogP contribution in [0.4, 0.5) is 0 Å². The number of hydrogen-bond acceptors (Lipinski definition) is 5. The van der Waals surface area contributed by atoms with Crippen molar-refractivity contribution in [2.45, 2.75) is 43.6 Å². The normalized spacial score (nSPS) is 14.5. The van der Waals surface area contributed by atoms with Gasteiger partial charge in [0.25, 0.3) is 5.22 Å². The quantitative estimate of drug-likeness (QED) is 0.634. The van der Waals surface area contributed by atoms with Gasteiger partial charge in [0.2, 0.25) is 0 Å².